The van der Waals surface area contributed by atoms with E-state index in [1.807, 2.05) is 18.2 Å². The molecule has 4 rings (SSSR count). The van der Waals surface area contributed by atoms with Crippen molar-refractivity contribution in [3.05, 3.63) is 66.0 Å². The van der Waals surface area contributed by atoms with Crippen molar-refractivity contribution in [2.45, 2.75) is 11.4 Å². The minimum absolute atomic E-state index is 0.173. The molecule has 25 heavy (non-hydrogen) atoms. The van der Waals surface area contributed by atoms with E-state index in [2.05, 4.69) is 4.90 Å². The van der Waals surface area contributed by atoms with Crippen molar-refractivity contribution in [2.75, 3.05) is 26.2 Å². The Bertz CT molecular complexity index is 843. The van der Waals surface area contributed by atoms with E-state index in [1.165, 1.54) is 6.07 Å². The Balaban J connectivity index is 1.42. The van der Waals surface area contributed by atoms with Gasteiger partial charge in [-0.25, -0.2) is 12.8 Å². The molecule has 2 atom stereocenters. The number of fused-ring (bicyclic) bond motifs is 1. The monoisotopic (exact) mass is 360 g/mol. The Morgan fingerprint density at radius 1 is 0.880 bits per heavy atom. The van der Waals surface area contributed by atoms with Gasteiger partial charge in [0.25, 0.3) is 0 Å². The van der Waals surface area contributed by atoms with Crippen LogP contribution >= 0.6 is 0 Å². The van der Waals surface area contributed by atoms with Gasteiger partial charge in [0.2, 0.25) is 10.0 Å². The van der Waals surface area contributed by atoms with Gasteiger partial charge >= 0.3 is 0 Å². The second kappa shape index (κ2) is 6.52. The summed E-state index contributed by atoms with van der Waals surface area (Å²) in [4.78, 5) is 2.60. The summed E-state index contributed by atoms with van der Waals surface area (Å²) in [7, 11) is -3.41. The van der Waals surface area contributed by atoms with Crippen LogP contribution in [0, 0.1) is 17.7 Å². The number of hydrogen-bond acceptors (Lipinski definition) is 3. The van der Waals surface area contributed by atoms with E-state index in [-0.39, 0.29) is 5.82 Å². The maximum absolute atomic E-state index is 13.8. The molecule has 2 heterocycles. The van der Waals surface area contributed by atoms with Crippen LogP contribution in [0.15, 0.2) is 59.5 Å². The van der Waals surface area contributed by atoms with Gasteiger partial charge in [0, 0.05) is 38.3 Å². The normalized spacial score (nSPS) is 24.5. The van der Waals surface area contributed by atoms with Crippen LogP contribution in [0.3, 0.4) is 0 Å². The summed E-state index contributed by atoms with van der Waals surface area (Å²) in [6.07, 6.45) is 0. The van der Waals surface area contributed by atoms with E-state index in [0.717, 1.165) is 13.1 Å². The standard InChI is InChI=1S/C19H21FN2O2S/c20-19-9-5-4-6-15(19)10-21-11-16-13-22(14-17(16)12-21)25(23,24)18-7-2-1-3-8-18/h1-9,16-17H,10-14H2/t16-,17+. The largest absolute Gasteiger partial charge is 0.298 e. The highest BCUT2D eigenvalue weighted by molar-refractivity contribution is 7.89. The molecule has 2 aliphatic rings. The van der Waals surface area contributed by atoms with Crippen molar-refractivity contribution in [1.29, 1.82) is 0 Å². The average Bonchev–Trinajstić information content (AvgIpc) is 3.17. The molecule has 2 aliphatic heterocycles. The number of hydrogen-bond donors (Lipinski definition) is 0. The molecule has 2 aromatic rings. The van der Waals surface area contributed by atoms with Crippen molar-refractivity contribution >= 4 is 10.0 Å². The van der Waals surface area contributed by atoms with E-state index in [1.54, 1.807) is 34.6 Å². The molecular formula is C19H21FN2O2S. The lowest BCUT2D eigenvalue weighted by Gasteiger charge is -2.21. The Labute approximate surface area is 147 Å². The molecule has 2 aromatic carbocycles. The fraction of sp³-hybridized carbons (Fsp3) is 0.368. The van der Waals surface area contributed by atoms with E-state index in [9.17, 15) is 12.8 Å². The molecule has 6 heteroatoms. The van der Waals surface area contributed by atoms with Gasteiger partial charge in [-0.15, -0.1) is 0 Å². The van der Waals surface area contributed by atoms with Gasteiger partial charge in [0.15, 0.2) is 0 Å². The molecule has 2 fully saturated rings. The molecule has 4 nitrogen and oxygen atoms in total. The zero-order valence-electron chi connectivity index (χ0n) is 13.9. The molecule has 0 N–H and O–H groups in total. The fourth-order valence-electron chi connectivity index (χ4n) is 3.98. The Morgan fingerprint density at radius 3 is 2.12 bits per heavy atom. The van der Waals surface area contributed by atoms with Crippen LogP contribution in [-0.2, 0) is 16.6 Å². The van der Waals surface area contributed by atoms with Crippen molar-refractivity contribution < 1.29 is 12.8 Å². The van der Waals surface area contributed by atoms with Crippen LogP contribution in [0.4, 0.5) is 4.39 Å². The minimum atomic E-state index is -3.41. The molecular weight excluding hydrogens is 339 g/mol. The summed E-state index contributed by atoms with van der Waals surface area (Å²) in [5, 5.41) is 0. The minimum Gasteiger partial charge on any atom is -0.298 e. The quantitative estimate of drug-likeness (QED) is 0.841. The lowest BCUT2D eigenvalue weighted by molar-refractivity contribution is 0.286. The molecule has 0 aliphatic carbocycles. The lowest BCUT2D eigenvalue weighted by atomic mass is 10.0. The molecule has 2 saturated heterocycles. The van der Waals surface area contributed by atoms with Gasteiger partial charge in [-0.2, -0.15) is 4.31 Å². The van der Waals surface area contributed by atoms with Crippen LogP contribution < -0.4 is 0 Å². The fourth-order valence-corrected chi connectivity index (χ4v) is 5.56. The predicted molar refractivity (Wildman–Crippen MR) is 93.9 cm³/mol. The van der Waals surface area contributed by atoms with Gasteiger partial charge in [-0.1, -0.05) is 36.4 Å². The van der Waals surface area contributed by atoms with E-state index >= 15 is 0 Å². The highest BCUT2D eigenvalue weighted by atomic mass is 32.2. The lowest BCUT2D eigenvalue weighted by Crippen LogP contribution is -2.33. The second-order valence-corrected chi connectivity index (χ2v) is 8.88. The predicted octanol–water partition coefficient (Wildman–Crippen LogP) is 2.58. The molecule has 0 saturated carbocycles. The van der Waals surface area contributed by atoms with Gasteiger partial charge in [-0.05, 0) is 30.0 Å². The Hall–Kier alpha value is -1.76. The number of rotatable bonds is 4. The SMILES string of the molecule is O=S(=O)(c1ccccc1)N1C[C@H]2CN(Cc3ccccc3F)C[C@H]2C1. The highest BCUT2D eigenvalue weighted by Crippen LogP contribution is 2.34. The first-order chi connectivity index (χ1) is 12.0. The molecule has 0 bridgehead atoms. The van der Waals surface area contributed by atoms with Gasteiger partial charge in [0.05, 0.1) is 4.90 Å². The number of sulfonamides is 1. The summed E-state index contributed by atoms with van der Waals surface area (Å²) in [6.45, 7) is 3.33. The summed E-state index contributed by atoms with van der Waals surface area (Å²) >= 11 is 0. The van der Waals surface area contributed by atoms with E-state index in [0.29, 0.717) is 41.9 Å². The molecule has 0 amide bonds. The molecule has 0 spiro atoms. The first kappa shape index (κ1) is 16.7. The van der Waals surface area contributed by atoms with Crippen LogP contribution in [0.25, 0.3) is 0 Å². The smallest absolute Gasteiger partial charge is 0.243 e. The first-order valence-corrected chi connectivity index (χ1v) is 9.99. The van der Waals surface area contributed by atoms with Gasteiger partial charge in [-0.3, -0.25) is 4.90 Å². The van der Waals surface area contributed by atoms with Crippen molar-refractivity contribution in [3.63, 3.8) is 0 Å². The Morgan fingerprint density at radius 2 is 1.48 bits per heavy atom. The van der Waals surface area contributed by atoms with E-state index in [4.69, 9.17) is 0 Å². The number of halogens is 1. The summed E-state index contributed by atoms with van der Waals surface area (Å²) in [6, 6.07) is 15.5. The topological polar surface area (TPSA) is 40.6 Å². The van der Waals surface area contributed by atoms with Crippen molar-refractivity contribution in [3.8, 4) is 0 Å². The molecule has 0 unspecified atom stereocenters. The second-order valence-electron chi connectivity index (χ2n) is 6.94. The van der Waals surface area contributed by atoms with Crippen LogP contribution in [0.2, 0.25) is 0 Å². The van der Waals surface area contributed by atoms with Crippen LogP contribution in [-0.4, -0.2) is 43.8 Å². The third-order valence-corrected chi connectivity index (χ3v) is 7.11. The maximum atomic E-state index is 13.8. The number of benzene rings is 2. The third-order valence-electron chi connectivity index (χ3n) is 5.26. The van der Waals surface area contributed by atoms with Gasteiger partial charge < -0.3 is 0 Å². The molecule has 0 radical (unpaired) electrons. The van der Waals surface area contributed by atoms with Crippen molar-refractivity contribution in [2.24, 2.45) is 11.8 Å². The van der Waals surface area contributed by atoms with Crippen LogP contribution in [0.5, 0.6) is 0 Å². The Kier molecular flexibility index (Phi) is 4.35. The van der Waals surface area contributed by atoms with Gasteiger partial charge in [0.1, 0.15) is 5.82 Å². The zero-order chi connectivity index (χ0) is 17.4. The third kappa shape index (κ3) is 3.21. The molecule has 132 valence electrons. The number of likely N-dealkylation sites (tertiary alicyclic amines) is 1. The zero-order valence-corrected chi connectivity index (χ0v) is 14.7. The summed E-state index contributed by atoms with van der Waals surface area (Å²) in [5.41, 5.74) is 0.705. The highest BCUT2D eigenvalue weighted by Gasteiger charge is 2.44. The summed E-state index contributed by atoms with van der Waals surface area (Å²) in [5.74, 6) is 0.475. The average molecular weight is 360 g/mol. The maximum Gasteiger partial charge on any atom is 0.243 e. The molecule has 0 aromatic heterocycles. The summed E-state index contributed by atoms with van der Waals surface area (Å²) < 4.78 is 40.9. The van der Waals surface area contributed by atoms with Crippen molar-refractivity contribution in [1.82, 2.24) is 9.21 Å². The van der Waals surface area contributed by atoms with Crippen LogP contribution in [0.1, 0.15) is 5.56 Å². The number of nitrogens with zero attached hydrogens (tertiary/aromatic N) is 2. The van der Waals surface area contributed by atoms with E-state index < -0.39 is 10.0 Å². The first-order valence-electron chi connectivity index (χ1n) is 8.55.